The Hall–Kier alpha value is -2.98. The molecule has 4 heteroatoms. The summed E-state index contributed by atoms with van der Waals surface area (Å²) in [6.45, 7) is 5.77. The first-order chi connectivity index (χ1) is 18.0. The van der Waals surface area contributed by atoms with Crippen molar-refractivity contribution >= 4 is 0 Å². The van der Waals surface area contributed by atoms with Gasteiger partial charge in [0.15, 0.2) is 0 Å². The van der Waals surface area contributed by atoms with Crippen molar-refractivity contribution in [2.75, 3.05) is 19.8 Å². The average molecular weight is 503 g/mol. The lowest BCUT2D eigenvalue weighted by molar-refractivity contribution is 0.0784. The summed E-state index contributed by atoms with van der Waals surface area (Å²) in [5.74, 6) is 3.20. The van der Waals surface area contributed by atoms with Gasteiger partial charge in [0.05, 0.1) is 22.9 Å². The summed E-state index contributed by atoms with van der Waals surface area (Å²) >= 11 is 0. The molecule has 0 radical (unpaired) electrons. The minimum atomic E-state index is -0.880. The van der Waals surface area contributed by atoms with Gasteiger partial charge in [0.2, 0.25) is 0 Å². The highest BCUT2D eigenvalue weighted by Gasteiger charge is 2.21. The van der Waals surface area contributed by atoms with E-state index in [-0.39, 0.29) is 0 Å². The molecule has 4 rings (SSSR count). The van der Waals surface area contributed by atoms with Crippen LogP contribution < -0.4 is 0 Å². The number of ether oxygens (including phenoxy) is 3. The molecule has 0 saturated carbocycles. The van der Waals surface area contributed by atoms with E-state index in [2.05, 4.69) is 48.6 Å². The minimum absolute atomic E-state index is 0.665. The molecule has 0 aliphatic carbocycles. The summed E-state index contributed by atoms with van der Waals surface area (Å²) in [6.07, 6.45) is 27.4. The van der Waals surface area contributed by atoms with Crippen molar-refractivity contribution in [2.24, 2.45) is 0 Å². The molecule has 0 fully saturated rings. The van der Waals surface area contributed by atoms with Crippen LogP contribution in [0.1, 0.15) is 74.6 Å². The Kier molecular flexibility index (Phi) is 9.90. The Morgan fingerprint density at radius 1 is 0.622 bits per heavy atom. The Morgan fingerprint density at radius 2 is 1.03 bits per heavy atom. The largest absolute Gasteiger partial charge is 0.494 e. The zero-order valence-electron chi connectivity index (χ0n) is 22.5. The van der Waals surface area contributed by atoms with Crippen molar-refractivity contribution in [2.45, 2.75) is 77.2 Å². The summed E-state index contributed by atoms with van der Waals surface area (Å²) < 4.78 is 17.3. The number of aliphatic hydroxyl groups is 1. The highest BCUT2D eigenvalue weighted by Crippen LogP contribution is 2.30. The first kappa shape index (κ1) is 27.1. The predicted octanol–water partition coefficient (Wildman–Crippen LogP) is 7.29. The number of hydrogen-bond donors (Lipinski definition) is 1. The maximum atomic E-state index is 10.9. The molecule has 1 N–H and O–H groups in total. The standard InChI is InChI=1S/C33H42O4/c1-33(2,34)28-24-26(12-9-17-29-14-3-6-21-35-29)32(20-11-19-31-16-5-8-23-37-31)27(25-28)13-10-18-30-15-4-7-22-36-30/h3-8,14-16,24-25,34H,9-13,17-23H2,1-2H3. The van der Waals surface area contributed by atoms with Gasteiger partial charge >= 0.3 is 0 Å². The molecule has 1 aromatic rings. The molecule has 3 aliphatic heterocycles. The third-order valence-electron chi connectivity index (χ3n) is 7.08. The number of hydrogen-bond acceptors (Lipinski definition) is 4. The van der Waals surface area contributed by atoms with Crippen molar-refractivity contribution in [3.05, 3.63) is 106 Å². The van der Waals surface area contributed by atoms with E-state index in [4.69, 9.17) is 14.2 Å². The molecule has 0 amide bonds. The van der Waals surface area contributed by atoms with Crippen molar-refractivity contribution in [1.82, 2.24) is 0 Å². The average Bonchev–Trinajstić information content (AvgIpc) is 2.91. The highest BCUT2D eigenvalue weighted by atomic mass is 16.5. The fourth-order valence-corrected chi connectivity index (χ4v) is 5.03. The van der Waals surface area contributed by atoms with E-state index in [1.807, 2.05) is 32.1 Å². The van der Waals surface area contributed by atoms with Crippen LogP contribution in [0.15, 0.2) is 84.1 Å². The van der Waals surface area contributed by atoms with Crippen LogP contribution in [0.4, 0.5) is 0 Å². The molecule has 0 aromatic heterocycles. The maximum Gasteiger partial charge on any atom is 0.106 e. The quantitative estimate of drug-likeness (QED) is 0.308. The third kappa shape index (κ3) is 8.53. The Balaban J connectivity index is 1.53. The van der Waals surface area contributed by atoms with Gasteiger partial charge in [-0.25, -0.2) is 0 Å². The third-order valence-corrected chi connectivity index (χ3v) is 7.08. The van der Waals surface area contributed by atoms with Gasteiger partial charge in [-0.3, -0.25) is 0 Å². The lowest BCUT2D eigenvalue weighted by atomic mass is 9.85. The highest BCUT2D eigenvalue weighted by molar-refractivity contribution is 5.42. The van der Waals surface area contributed by atoms with Gasteiger partial charge in [-0.05, 0) is 111 Å². The first-order valence-corrected chi connectivity index (χ1v) is 13.8. The van der Waals surface area contributed by atoms with E-state index in [9.17, 15) is 5.11 Å². The maximum absolute atomic E-state index is 10.9. The van der Waals surface area contributed by atoms with Crippen LogP contribution in [0.25, 0.3) is 0 Å². The predicted molar refractivity (Wildman–Crippen MR) is 150 cm³/mol. The van der Waals surface area contributed by atoms with E-state index < -0.39 is 5.60 Å². The minimum Gasteiger partial charge on any atom is -0.494 e. The van der Waals surface area contributed by atoms with Crippen molar-refractivity contribution < 1.29 is 19.3 Å². The normalized spacial score (nSPS) is 16.9. The molecule has 37 heavy (non-hydrogen) atoms. The lowest BCUT2D eigenvalue weighted by Gasteiger charge is -2.24. The molecule has 4 nitrogen and oxygen atoms in total. The van der Waals surface area contributed by atoms with Gasteiger partial charge in [0.1, 0.15) is 19.8 Å². The molecule has 0 atom stereocenters. The fourth-order valence-electron chi connectivity index (χ4n) is 5.03. The van der Waals surface area contributed by atoms with Crippen LogP contribution in [0.5, 0.6) is 0 Å². The van der Waals surface area contributed by atoms with E-state index in [1.165, 1.54) is 16.7 Å². The number of rotatable bonds is 13. The summed E-state index contributed by atoms with van der Waals surface area (Å²) in [5, 5.41) is 10.9. The Bertz CT molecular complexity index is 1030. The summed E-state index contributed by atoms with van der Waals surface area (Å²) in [7, 11) is 0. The zero-order valence-corrected chi connectivity index (χ0v) is 22.5. The van der Waals surface area contributed by atoms with E-state index in [1.54, 1.807) is 0 Å². The lowest BCUT2D eigenvalue weighted by Crippen LogP contribution is -2.17. The van der Waals surface area contributed by atoms with Crippen LogP contribution >= 0.6 is 0 Å². The Labute approximate surface area is 222 Å². The fraction of sp³-hybridized carbons (Fsp3) is 0.455. The number of aryl methyl sites for hydroxylation is 2. The van der Waals surface area contributed by atoms with E-state index in [0.29, 0.717) is 19.8 Å². The summed E-state index contributed by atoms with van der Waals surface area (Å²) in [5.41, 5.74) is 4.27. The smallest absolute Gasteiger partial charge is 0.106 e. The topological polar surface area (TPSA) is 47.9 Å². The molecule has 0 saturated heterocycles. The van der Waals surface area contributed by atoms with Crippen LogP contribution in [-0.4, -0.2) is 24.9 Å². The van der Waals surface area contributed by atoms with Gasteiger partial charge in [-0.1, -0.05) is 30.4 Å². The van der Waals surface area contributed by atoms with Gasteiger partial charge in [-0.15, -0.1) is 0 Å². The molecule has 0 spiro atoms. The van der Waals surface area contributed by atoms with E-state index >= 15 is 0 Å². The van der Waals surface area contributed by atoms with Crippen molar-refractivity contribution in [1.29, 1.82) is 0 Å². The Morgan fingerprint density at radius 3 is 1.38 bits per heavy atom. The first-order valence-electron chi connectivity index (χ1n) is 13.8. The molecular weight excluding hydrogens is 460 g/mol. The van der Waals surface area contributed by atoms with Crippen LogP contribution in [0.3, 0.4) is 0 Å². The van der Waals surface area contributed by atoms with E-state index in [0.717, 1.165) is 80.6 Å². The SMILES string of the molecule is CC(C)(O)c1cc(CCCC2=CC=CCO2)c(CCCC2=CC=CCO2)c(CCCC2=CC=CCO2)c1. The molecular formula is C33H42O4. The number of benzene rings is 1. The molecule has 0 bridgehead atoms. The monoisotopic (exact) mass is 502 g/mol. The van der Waals surface area contributed by atoms with Crippen molar-refractivity contribution in [3.63, 3.8) is 0 Å². The van der Waals surface area contributed by atoms with Crippen LogP contribution in [0.2, 0.25) is 0 Å². The zero-order chi connectivity index (χ0) is 25.9. The molecule has 3 heterocycles. The van der Waals surface area contributed by atoms with Gasteiger partial charge in [-0.2, -0.15) is 0 Å². The second kappa shape index (κ2) is 13.5. The van der Waals surface area contributed by atoms with Crippen LogP contribution in [0, 0.1) is 0 Å². The molecule has 3 aliphatic rings. The van der Waals surface area contributed by atoms with Gasteiger partial charge in [0, 0.05) is 19.3 Å². The molecule has 198 valence electrons. The number of allylic oxidation sites excluding steroid dienone is 9. The van der Waals surface area contributed by atoms with Gasteiger partial charge < -0.3 is 19.3 Å². The van der Waals surface area contributed by atoms with Crippen molar-refractivity contribution in [3.8, 4) is 0 Å². The summed E-state index contributed by atoms with van der Waals surface area (Å²) in [6, 6.07) is 4.48. The van der Waals surface area contributed by atoms with Crippen LogP contribution in [-0.2, 0) is 39.1 Å². The molecule has 1 aromatic carbocycles. The molecule has 0 unspecified atom stereocenters. The second-order valence-electron chi connectivity index (χ2n) is 10.5. The summed E-state index contributed by atoms with van der Waals surface area (Å²) in [4.78, 5) is 0. The second-order valence-corrected chi connectivity index (χ2v) is 10.5. The van der Waals surface area contributed by atoms with Gasteiger partial charge in [0.25, 0.3) is 0 Å².